The number of hydrogen-bond acceptors (Lipinski definition) is 4. The smallest absolute Gasteiger partial charge is 0.119 e. The number of aliphatic hydroxyl groups excluding tert-OH is 2. The Morgan fingerprint density at radius 1 is 1.29 bits per heavy atom. The van der Waals surface area contributed by atoms with Crippen LogP contribution in [0.15, 0.2) is 42.7 Å². The van der Waals surface area contributed by atoms with Crippen molar-refractivity contribution in [3.05, 3.63) is 42.7 Å². The first kappa shape index (κ1) is 11.6. The number of aliphatic hydroxyl groups is 2. The van der Waals surface area contributed by atoms with Gasteiger partial charge in [-0.3, -0.25) is 0 Å². The maximum atomic E-state index is 9.13. The lowest BCUT2D eigenvalue weighted by atomic mass is 10.3. The minimum Gasteiger partial charge on any atom is -0.491 e. The van der Waals surface area contributed by atoms with E-state index in [0.29, 0.717) is 5.75 Å². The van der Waals surface area contributed by atoms with Crippen LogP contribution in [0, 0.1) is 0 Å². The highest BCUT2D eigenvalue weighted by Gasteiger charge is 2.03. The quantitative estimate of drug-likeness (QED) is 0.795. The van der Waals surface area contributed by atoms with Crippen molar-refractivity contribution in [2.45, 2.75) is 6.10 Å². The average Bonchev–Trinajstić information content (AvgIpc) is 2.90. The van der Waals surface area contributed by atoms with E-state index in [1.54, 1.807) is 23.0 Å². The van der Waals surface area contributed by atoms with E-state index in [1.807, 2.05) is 24.4 Å². The van der Waals surface area contributed by atoms with Gasteiger partial charge in [-0.05, 0) is 30.3 Å². The van der Waals surface area contributed by atoms with E-state index in [4.69, 9.17) is 14.9 Å². The normalized spacial score (nSPS) is 12.4. The van der Waals surface area contributed by atoms with Crippen LogP contribution in [0.25, 0.3) is 5.69 Å². The third-order valence-electron chi connectivity index (χ3n) is 2.26. The van der Waals surface area contributed by atoms with Gasteiger partial charge in [0.15, 0.2) is 0 Å². The molecule has 2 aromatic rings. The van der Waals surface area contributed by atoms with E-state index < -0.39 is 6.10 Å². The summed E-state index contributed by atoms with van der Waals surface area (Å²) in [5, 5.41) is 21.9. The maximum Gasteiger partial charge on any atom is 0.119 e. The standard InChI is InChI=1S/C12H14N2O3/c15-8-11(16)9-17-12-4-2-10(3-5-12)14-7-1-6-13-14/h1-7,11,15-16H,8-9H2/t11-/m1/s1. The van der Waals surface area contributed by atoms with Gasteiger partial charge in [-0.2, -0.15) is 5.10 Å². The monoisotopic (exact) mass is 234 g/mol. The summed E-state index contributed by atoms with van der Waals surface area (Å²) >= 11 is 0. The SMILES string of the molecule is OC[C@@H](O)COc1ccc(-n2cccn2)cc1. The van der Waals surface area contributed by atoms with Crippen LogP contribution in [0.4, 0.5) is 0 Å². The summed E-state index contributed by atoms with van der Waals surface area (Å²) in [6, 6.07) is 9.17. The summed E-state index contributed by atoms with van der Waals surface area (Å²) in [4.78, 5) is 0. The zero-order chi connectivity index (χ0) is 12.1. The van der Waals surface area contributed by atoms with Crippen molar-refractivity contribution in [3.8, 4) is 11.4 Å². The van der Waals surface area contributed by atoms with Crippen LogP contribution >= 0.6 is 0 Å². The highest BCUT2D eigenvalue weighted by molar-refractivity contribution is 5.36. The molecule has 90 valence electrons. The second kappa shape index (κ2) is 5.47. The molecule has 0 saturated carbocycles. The maximum absolute atomic E-state index is 9.13. The minimum atomic E-state index is -0.846. The van der Waals surface area contributed by atoms with Crippen molar-refractivity contribution in [2.24, 2.45) is 0 Å². The van der Waals surface area contributed by atoms with E-state index in [0.717, 1.165) is 5.69 Å². The van der Waals surface area contributed by atoms with Crippen LogP contribution in [-0.4, -0.2) is 39.3 Å². The Morgan fingerprint density at radius 2 is 2.06 bits per heavy atom. The molecule has 0 aliphatic carbocycles. The van der Waals surface area contributed by atoms with Crippen LogP contribution in [0.3, 0.4) is 0 Å². The zero-order valence-electron chi connectivity index (χ0n) is 9.23. The molecular formula is C12H14N2O3. The van der Waals surface area contributed by atoms with Crippen molar-refractivity contribution in [1.29, 1.82) is 0 Å². The van der Waals surface area contributed by atoms with Gasteiger partial charge in [-0.1, -0.05) is 0 Å². The number of hydrogen-bond donors (Lipinski definition) is 2. The largest absolute Gasteiger partial charge is 0.491 e. The highest BCUT2D eigenvalue weighted by atomic mass is 16.5. The summed E-state index contributed by atoms with van der Waals surface area (Å²) in [6.07, 6.45) is 2.72. The second-order valence-corrected chi connectivity index (χ2v) is 3.59. The van der Waals surface area contributed by atoms with Crippen LogP contribution in [0.1, 0.15) is 0 Å². The first-order valence-corrected chi connectivity index (χ1v) is 5.31. The van der Waals surface area contributed by atoms with E-state index in [-0.39, 0.29) is 13.2 Å². The summed E-state index contributed by atoms with van der Waals surface area (Å²) in [5.41, 5.74) is 0.935. The topological polar surface area (TPSA) is 67.5 Å². The summed E-state index contributed by atoms with van der Waals surface area (Å²) in [7, 11) is 0. The molecule has 0 aliphatic rings. The fourth-order valence-corrected chi connectivity index (χ4v) is 1.36. The molecule has 0 amide bonds. The van der Waals surface area contributed by atoms with Gasteiger partial charge in [0.2, 0.25) is 0 Å². The van der Waals surface area contributed by atoms with Gasteiger partial charge >= 0.3 is 0 Å². The van der Waals surface area contributed by atoms with Crippen molar-refractivity contribution in [1.82, 2.24) is 9.78 Å². The molecule has 0 bridgehead atoms. The average molecular weight is 234 g/mol. The predicted octanol–water partition coefficient (Wildman–Crippen LogP) is 0.604. The van der Waals surface area contributed by atoms with Gasteiger partial charge in [0.25, 0.3) is 0 Å². The number of ether oxygens (including phenoxy) is 1. The molecule has 0 aliphatic heterocycles. The van der Waals surface area contributed by atoms with Gasteiger partial charge in [-0.15, -0.1) is 0 Å². The van der Waals surface area contributed by atoms with Gasteiger partial charge in [0.05, 0.1) is 12.3 Å². The summed E-state index contributed by atoms with van der Waals surface area (Å²) < 4.78 is 7.03. The molecule has 0 spiro atoms. The second-order valence-electron chi connectivity index (χ2n) is 3.59. The zero-order valence-corrected chi connectivity index (χ0v) is 9.23. The van der Waals surface area contributed by atoms with Crippen LogP contribution in [0.2, 0.25) is 0 Å². The van der Waals surface area contributed by atoms with Crippen molar-refractivity contribution >= 4 is 0 Å². The van der Waals surface area contributed by atoms with Crippen molar-refractivity contribution < 1.29 is 14.9 Å². The highest BCUT2D eigenvalue weighted by Crippen LogP contribution is 2.14. The Bertz CT molecular complexity index is 439. The van der Waals surface area contributed by atoms with Crippen LogP contribution in [0.5, 0.6) is 5.75 Å². The van der Waals surface area contributed by atoms with E-state index >= 15 is 0 Å². The van der Waals surface area contributed by atoms with Crippen molar-refractivity contribution in [2.75, 3.05) is 13.2 Å². The molecule has 0 saturated heterocycles. The third kappa shape index (κ3) is 3.05. The molecule has 1 aromatic carbocycles. The molecule has 1 heterocycles. The molecule has 5 nitrogen and oxygen atoms in total. The van der Waals surface area contributed by atoms with Gasteiger partial charge in [0.1, 0.15) is 18.5 Å². The van der Waals surface area contributed by atoms with E-state index in [1.165, 1.54) is 0 Å². The first-order valence-electron chi connectivity index (χ1n) is 5.31. The Balaban J connectivity index is 1.99. The molecule has 5 heteroatoms. The van der Waals surface area contributed by atoms with E-state index in [9.17, 15) is 0 Å². The fourth-order valence-electron chi connectivity index (χ4n) is 1.36. The predicted molar refractivity (Wildman–Crippen MR) is 62.2 cm³/mol. The van der Waals surface area contributed by atoms with Crippen molar-refractivity contribution in [3.63, 3.8) is 0 Å². The lowest BCUT2D eigenvalue weighted by Crippen LogP contribution is -2.21. The molecular weight excluding hydrogens is 220 g/mol. The summed E-state index contributed by atoms with van der Waals surface area (Å²) in [5.74, 6) is 0.647. The van der Waals surface area contributed by atoms with Gasteiger partial charge in [0, 0.05) is 12.4 Å². The van der Waals surface area contributed by atoms with E-state index in [2.05, 4.69) is 5.10 Å². The molecule has 0 radical (unpaired) electrons. The van der Waals surface area contributed by atoms with Gasteiger partial charge in [-0.25, -0.2) is 4.68 Å². The number of rotatable bonds is 5. The first-order chi connectivity index (χ1) is 8.29. The lowest BCUT2D eigenvalue weighted by molar-refractivity contribution is 0.0536. The number of benzene rings is 1. The Hall–Kier alpha value is -1.85. The molecule has 1 aromatic heterocycles. The molecule has 0 unspecified atom stereocenters. The minimum absolute atomic E-state index is 0.0810. The third-order valence-corrected chi connectivity index (χ3v) is 2.26. The fraction of sp³-hybridized carbons (Fsp3) is 0.250. The summed E-state index contributed by atoms with van der Waals surface area (Å²) in [6.45, 7) is -0.219. The Labute approximate surface area is 98.9 Å². The van der Waals surface area contributed by atoms with Gasteiger partial charge < -0.3 is 14.9 Å². The number of aromatic nitrogens is 2. The van der Waals surface area contributed by atoms with Crippen LogP contribution in [-0.2, 0) is 0 Å². The van der Waals surface area contributed by atoms with Crippen LogP contribution < -0.4 is 4.74 Å². The Kier molecular flexibility index (Phi) is 3.74. The molecule has 0 fully saturated rings. The Morgan fingerprint density at radius 3 is 2.65 bits per heavy atom. The molecule has 2 rings (SSSR count). The molecule has 1 atom stereocenters. The molecule has 2 N–H and O–H groups in total. The lowest BCUT2D eigenvalue weighted by Gasteiger charge is -2.10. The molecule has 17 heavy (non-hydrogen) atoms. The number of nitrogens with zero attached hydrogens (tertiary/aromatic N) is 2.